The van der Waals surface area contributed by atoms with Crippen LogP contribution in [0.5, 0.6) is 0 Å². The highest BCUT2D eigenvalue weighted by Crippen LogP contribution is 2.32. The minimum Gasteiger partial charge on any atom is -0.349 e. The molecule has 1 aromatic heterocycles. The fourth-order valence-corrected chi connectivity index (χ4v) is 4.86. The third kappa shape index (κ3) is 4.03. The molecule has 20 heavy (non-hydrogen) atoms. The second kappa shape index (κ2) is 6.43. The summed E-state index contributed by atoms with van der Waals surface area (Å²) in [5.74, 6) is -0.112. The minimum atomic E-state index is -3.12. The maximum atomic E-state index is 12.1. The Labute approximate surface area is 139 Å². The number of rotatable bonds is 3. The predicted octanol–water partition coefficient (Wildman–Crippen LogP) is 2.43. The highest BCUT2D eigenvalue weighted by molar-refractivity contribution is 9.13. The van der Waals surface area contributed by atoms with Gasteiger partial charge in [-0.3, -0.25) is 4.79 Å². The smallest absolute Gasteiger partial charge is 0.261 e. The van der Waals surface area contributed by atoms with E-state index in [9.17, 15) is 13.2 Å². The standard InChI is InChI=1S/C11H14Br2N2O3S2/c1-20(17,18)15-4-2-7(3-5-15)14-11(16)9-6-8(12)10(13)19-9/h6-7H,2-5H2,1H3,(H,14,16). The van der Waals surface area contributed by atoms with Crippen LogP contribution in [-0.4, -0.2) is 44.0 Å². The van der Waals surface area contributed by atoms with Crippen molar-refractivity contribution < 1.29 is 13.2 Å². The fourth-order valence-electron chi connectivity index (χ4n) is 2.05. The van der Waals surface area contributed by atoms with Crippen LogP contribution in [-0.2, 0) is 10.0 Å². The number of sulfonamides is 1. The zero-order chi connectivity index (χ0) is 14.9. The van der Waals surface area contributed by atoms with Gasteiger partial charge in [-0.15, -0.1) is 11.3 Å². The molecule has 0 saturated carbocycles. The summed E-state index contributed by atoms with van der Waals surface area (Å²) in [6, 6.07) is 1.80. The van der Waals surface area contributed by atoms with Crippen LogP contribution in [0.15, 0.2) is 14.3 Å². The average molecular weight is 446 g/mol. The molecule has 0 aliphatic carbocycles. The minimum absolute atomic E-state index is 0.0279. The van der Waals surface area contributed by atoms with Gasteiger partial charge in [0.1, 0.15) is 0 Å². The van der Waals surface area contributed by atoms with Gasteiger partial charge in [0.05, 0.1) is 14.9 Å². The van der Waals surface area contributed by atoms with Gasteiger partial charge in [0.2, 0.25) is 10.0 Å². The average Bonchev–Trinajstić information content (AvgIpc) is 2.69. The van der Waals surface area contributed by atoms with E-state index in [1.54, 1.807) is 6.07 Å². The zero-order valence-corrected chi connectivity index (χ0v) is 15.5. The molecule has 1 fully saturated rings. The van der Waals surface area contributed by atoms with Gasteiger partial charge in [-0.05, 0) is 50.8 Å². The van der Waals surface area contributed by atoms with Crippen molar-refractivity contribution in [1.82, 2.24) is 9.62 Å². The van der Waals surface area contributed by atoms with Gasteiger partial charge in [0.25, 0.3) is 5.91 Å². The summed E-state index contributed by atoms with van der Waals surface area (Å²) in [4.78, 5) is 12.7. The van der Waals surface area contributed by atoms with Crippen molar-refractivity contribution in [3.63, 3.8) is 0 Å². The Morgan fingerprint density at radius 2 is 2.00 bits per heavy atom. The number of thiophene rings is 1. The van der Waals surface area contributed by atoms with Crippen LogP contribution in [0.2, 0.25) is 0 Å². The summed E-state index contributed by atoms with van der Waals surface area (Å²) >= 11 is 8.07. The molecule has 1 aliphatic rings. The number of carbonyl (C=O) groups is 1. The van der Waals surface area contributed by atoms with Crippen LogP contribution >= 0.6 is 43.2 Å². The van der Waals surface area contributed by atoms with E-state index in [-0.39, 0.29) is 11.9 Å². The molecule has 0 unspecified atom stereocenters. The Morgan fingerprint density at radius 3 is 2.45 bits per heavy atom. The van der Waals surface area contributed by atoms with Crippen LogP contribution in [0.3, 0.4) is 0 Å². The Morgan fingerprint density at radius 1 is 1.40 bits per heavy atom. The van der Waals surface area contributed by atoms with Gasteiger partial charge in [-0.1, -0.05) is 0 Å². The number of hydrogen-bond donors (Lipinski definition) is 1. The van der Waals surface area contributed by atoms with Crippen LogP contribution in [0.4, 0.5) is 0 Å². The van der Waals surface area contributed by atoms with Crippen molar-refractivity contribution in [2.75, 3.05) is 19.3 Å². The third-order valence-electron chi connectivity index (χ3n) is 3.13. The third-order valence-corrected chi connectivity index (χ3v) is 7.69. The first-order valence-corrected chi connectivity index (χ1v) is 10.2. The molecule has 0 spiro atoms. The van der Waals surface area contributed by atoms with E-state index >= 15 is 0 Å². The molecular formula is C11H14Br2N2O3S2. The number of hydrogen-bond acceptors (Lipinski definition) is 4. The van der Waals surface area contributed by atoms with Crippen LogP contribution in [0, 0.1) is 0 Å². The van der Waals surface area contributed by atoms with Crippen LogP contribution < -0.4 is 5.32 Å². The van der Waals surface area contributed by atoms with Crippen molar-refractivity contribution in [2.24, 2.45) is 0 Å². The molecule has 0 aromatic carbocycles. The molecule has 5 nitrogen and oxygen atoms in total. The van der Waals surface area contributed by atoms with E-state index < -0.39 is 10.0 Å². The summed E-state index contributed by atoms with van der Waals surface area (Å²) in [7, 11) is -3.12. The van der Waals surface area contributed by atoms with E-state index in [0.29, 0.717) is 30.8 Å². The zero-order valence-electron chi connectivity index (χ0n) is 10.7. The number of carbonyl (C=O) groups excluding carboxylic acids is 1. The summed E-state index contributed by atoms with van der Waals surface area (Å²) in [5, 5.41) is 2.96. The highest BCUT2D eigenvalue weighted by atomic mass is 79.9. The molecule has 2 rings (SSSR count). The van der Waals surface area contributed by atoms with Gasteiger partial charge in [0.15, 0.2) is 0 Å². The normalized spacial score (nSPS) is 18.1. The highest BCUT2D eigenvalue weighted by Gasteiger charge is 2.26. The van der Waals surface area contributed by atoms with Gasteiger partial charge in [-0.2, -0.15) is 0 Å². The topological polar surface area (TPSA) is 66.5 Å². The molecule has 1 amide bonds. The monoisotopic (exact) mass is 444 g/mol. The maximum absolute atomic E-state index is 12.1. The first-order valence-electron chi connectivity index (χ1n) is 5.98. The van der Waals surface area contributed by atoms with Gasteiger partial charge in [-0.25, -0.2) is 12.7 Å². The van der Waals surface area contributed by atoms with Crippen molar-refractivity contribution in [3.05, 3.63) is 19.2 Å². The molecule has 0 radical (unpaired) electrons. The molecule has 1 N–H and O–H groups in total. The fraction of sp³-hybridized carbons (Fsp3) is 0.545. The number of nitrogens with zero attached hydrogens (tertiary/aromatic N) is 1. The van der Waals surface area contributed by atoms with Crippen molar-refractivity contribution >= 4 is 59.1 Å². The largest absolute Gasteiger partial charge is 0.349 e. The second-order valence-corrected chi connectivity index (χ2v) is 9.85. The van der Waals surface area contributed by atoms with Crippen LogP contribution in [0.25, 0.3) is 0 Å². The van der Waals surface area contributed by atoms with Crippen molar-refractivity contribution in [3.8, 4) is 0 Å². The summed E-state index contributed by atoms with van der Waals surface area (Å²) < 4.78 is 26.0. The lowest BCUT2D eigenvalue weighted by molar-refractivity contribution is 0.0928. The summed E-state index contributed by atoms with van der Waals surface area (Å²) in [5.41, 5.74) is 0. The Balaban J connectivity index is 1.91. The number of amides is 1. The molecular weight excluding hydrogens is 432 g/mol. The molecule has 2 heterocycles. The molecule has 9 heteroatoms. The summed E-state index contributed by atoms with van der Waals surface area (Å²) in [6.07, 6.45) is 2.51. The van der Waals surface area contributed by atoms with Gasteiger partial charge < -0.3 is 5.32 Å². The SMILES string of the molecule is CS(=O)(=O)N1CCC(NC(=O)c2cc(Br)c(Br)s2)CC1. The van der Waals surface area contributed by atoms with E-state index in [4.69, 9.17) is 0 Å². The number of nitrogens with one attached hydrogen (secondary N) is 1. The predicted molar refractivity (Wildman–Crippen MR) is 86.6 cm³/mol. The lowest BCUT2D eigenvalue weighted by Crippen LogP contribution is -2.46. The molecule has 0 bridgehead atoms. The van der Waals surface area contributed by atoms with E-state index in [1.165, 1.54) is 21.9 Å². The molecule has 112 valence electrons. The quantitative estimate of drug-likeness (QED) is 0.776. The molecule has 0 atom stereocenters. The molecule has 1 saturated heterocycles. The van der Waals surface area contributed by atoms with Crippen LogP contribution in [0.1, 0.15) is 22.5 Å². The van der Waals surface area contributed by atoms with Crippen molar-refractivity contribution in [1.29, 1.82) is 0 Å². The van der Waals surface area contributed by atoms with Crippen molar-refractivity contribution in [2.45, 2.75) is 18.9 Å². The number of halogens is 2. The second-order valence-electron chi connectivity index (χ2n) is 4.64. The van der Waals surface area contributed by atoms with E-state index in [2.05, 4.69) is 37.2 Å². The lowest BCUT2D eigenvalue weighted by atomic mass is 10.1. The lowest BCUT2D eigenvalue weighted by Gasteiger charge is -2.30. The Kier molecular flexibility index (Phi) is 5.28. The summed E-state index contributed by atoms with van der Waals surface area (Å²) in [6.45, 7) is 0.920. The van der Waals surface area contributed by atoms with Gasteiger partial charge in [0, 0.05) is 23.6 Å². The van der Waals surface area contributed by atoms with E-state index in [1.807, 2.05) is 0 Å². The molecule has 1 aromatic rings. The Hall–Kier alpha value is 0.0400. The number of piperidine rings is 1. The van der Waals surface area contributed by atoms with E-state index in [0.717, 1.165) is 8.26 Å². The Bertz CT molecular complexity index is 588. The first kappa shape index (κ1) is 16.4. The van der Waals surface area contributed by atoms with Gasteiger partial charge >= 0.3 is 0 Å². The first-order chi connectivity index (χ1) is 9.27. The molecule has 1 aliphatic heterocycles. The maximum Gasteiger partial charge on any atom is 0.261 e.